The maximum Gasteiger partial charge on any atom is 0.406 e. The van der Waals surface area contributed by atoms with Crippen molar-refractivity contribution in [1.82, 2.24) is 4.98 Å². The zero-order valence-electron chi connectivity index (χ0n) is 10.5. The lowest BCUT2D eigenvalue weighted by Gasteiger charge is -2.08. The molecule has 0 unspecified atom stereocenters. The quantitative estimate of drug-likeness (QED) is 0.627. The van der Waals surface area contributed by atoms with Crippen LogP contribution in [0.1, 0.15) is 11.3 Å². The Morgan fingerprint density at radius 1 is 1.30 bits per heavy atom. The van der Waals surface area contributed by atoms with Crippen molar-refractivity contribution in [1.29, 1.82) is 0 Å². The molecule has 1 heterocycles. The average Bonchev–Trinajstić information content (AvgIpc) is 2.38. The minimum Gasteiger partial charge on any atom is -0.481 e. The maximum absolute atomic E-state index is 10.9. The summed E-state index contributed by atoms with van der Waals surface area (Å²) in [5.74, 6) is -0.207. The van der Waals surface area contributed by atoms with Gasteiger partial charge in [0.15, 0.2) is 0 Å². The van der Waals surface area contributed by atoms with Gasteiger partial charge in [-0.15, -0.1) is 0 Å². The standard InChI is InChI=1S/C13H10Cl2N2O3/c1-8-2-5-12(13(16-8)17(18)19)20-7-9-3-4-10(14)6-11(9)15/h2-6H,7H2,1H3. The van der Waals surface area contributed by atoms with E-state index in [1.807, 2.05) is 0 Å². The number of ether oxygens (including phenoxy) is 1. The van der Waals surface area contributed by atoms with Crippen LogP contribution in [0, 0.1) is 17.0 Å². The van der Waals surface area contributed by atoms with Crippen molar-refractivity contribution in [3.05, 3.63) is 61.7 Å². The molecule has 0 aliphatic carbocycles. The van der Waals surface area contributed by atoms with E-state index in [1.165, 1.54) is 6.07 Å². The van der Waals surface area contributed by atoms with Crippen molar-refractivity contribution < 1.29 is 9.66 Å². The number of hydrogen-bond acceptors (Lipinski definition) is 4. The third-order valence-corrected chi connectivity index (χ3v) is 3.14. The van der Waals surface area contributed by atoms with Crippen molar-refractivity contribution >= 4 is 29.0 Å². The molecule has 2 aromatic rings. The smallest absolute Gasteiger partial charge is 0.406 e. The zero-order valence-corrected chi connectivity index (χ0v) is 12.0. The highest BCUT2D eigenvalue weighted by molar-refractivity contribution is 6.35. The van der Waals surface area contributed by atoms with E-state index in [9.17, 15) is 10.1 Å². The SMILES string of the molecule is Cc1ccc(OCc2ccc(Cl)cc2Cl)c([N+](=O)[O-])n1. The number of aromatic nitrogens is 1. The Morgan fingerprint density at radius 3 is 2.70 bits per heavy atom. The first-order chi connectivity index (χ1) is 9.47. The second kappa shape index (κ2) is 6.07. The molecule has 0 aliphatic heterocycles. The van der Waals surface area contributed by atoms with Gasteiger partial charge in [0.1, 0.15) is 12.3 Å². The highest BCUT2D eigenvalue weighted by Crippen LogP contribution is 2.27. The van der Waals surface area contributed by atoms with E-state index < -0.39 is 4.92 Å². The van der Waals surface area contributed by atoms with Gasteiger partial charge in [0, 0.05) is 22.5 Å². The molecule has 1 aromatic heterocycles. The Bertz CT molecular complexity index is 662. The molecule has 2 rings (SSSR count). The van der Waals surface area contributed by atoms with Crippen LogP contribution in [0.5, 0.6) is 5.75 Å². The monoisotopic (exact) mass is 312 g/mol. The van der Waals surface area contributed by atoms with Gasteiger partial charge in [0.05, 0.1) is 0 Å². The van der Waals surface area contributed by atoms with Crippen LogP contribution in [-0.4, -0.2) is 9.91 Å². The summed E-state index contributed by atoms with van der Waals surface area (Å²) in [4.78, 5) is 14.2. The second-order valence-electron chi connectivity index (χ2n) is 4.06. The highest BCUT2D eigenvalue weighted by Gasteiger charge is 2.17. The Hall–Kier alpha value is -1.85. The minimum absolute atomic E-state index is 0.0988. The number of benzene rings is 1. The van der Waals surface area contributed by atoms with E-state index in [-0.39, 0.29) is 18.2 Å². The Morgan fingerprint density at radius 2 is 2.05 bits per heavy atom. The summed E-state index contributed by atoms with van der Waals surface area (Å²) in [6.45, 7) is 1.77. The number of hydrogen-bond donors (Lipinski definition) is 0. The van der Waals surface area contributed by atoms with Gasteiger partial charge in [-0.25, -0.2) is 0 Å². The number of nitro groups is 1. The van der Waals surface area contributed by atoms with Gasteiger partial charge >= 0.3 is 5.82 Å². The van der Waals surface area contributed by atoms with Crippen LogP contribution >= 0.6 is 23.2 Å². The number of halogens is 2. The lowest BCUT2D eigenvalue weighted by molar-refractivity contribution is -0.390. The van der Waals surface area contributed by atoms with Crippen LogP contribution < -0.4 is 4.74 Å². The summed E-state index contributed by atoms with van der Waals surface area (Å²) in [6.07, 6.45) is 0. The van der Waals surface area contributed by atoms with Crippen molar-refractivity contribution in [2.75, 3.05) is 0 Å². The fourth-order valence-corrected chi connectivity index (χ4v) is 2.03. The first-order valence-corrected chi connectivity index (χ1v) is 6.41. The molecule has 20 heavy (non-hydrogen) atoms. The largest absolute Gasteiger partial charge is 0.481 e. The van der Waals surface area contributed by atoms with Crippen LogP contribution in [0.3, 0.4) is 0 Å². The fourth-order valence-electron chi connectivity index (χ4n) is 1.57. The number of nitrogens with zero attached hydrogens (tertiary/aromatic N) is 2. The van der Waals surface area contributed by atoms with Crippen molar-refractivity contribution in [3.8, 4) is 5.75 Å². The first-order valence-electron chi connectivity index (χ1n) is 5.66. The predicted octanol–water partition coefficient (Wildman–Crippen LogP) is 4.18. The van der Waals surface area contributed by atoms with Gasteiger partial charge in [-0.05, 0) is 34.2 Å². The minimum atomic E-state index is -0.578. The van der Waals surface area contributed by atoms with E-state index in [0.717, 1.165) is 0 Å². The summed E-state index contributed by atoms with van der Waals surface area (Å²) >= 11 is 11.8. The van der Waals surface area contributed by atoms with Crippen LogP contribution in [0.2, 0.25) is 10.0 Å². The van der Waals surface area contributed by atoms with E-state index in [2.05, 4.69) is 4.98 Å². The summed E-state index contributed by atoms with van der Waals surface area (Å²) in [5, 5.41) is 11.9. The van der Waals surface area contributed by atoms with Gasteiger partial charge in [0.2, 0.25) is 5.75 Å². The normalized spacial score (nSPS) is 10.3. The molecule has 0 saturated carbocycles. The van der Waals surface area contributed by atoms with Crippen molar-refractivity contribution in [2.24, 2.45) is 0 Å². The van der Waals surface area contributed by atoms with Crippen LogP contribution in [0.25, 0.3) is 0 Å². The van der Waals surface area contributed by atoms with E-state index >= 15 is 0 Å². The van der Waals surface area contributed by atoms with Gasteiger partial charge in [-0.3, -0.25) is 0 Å². The van der Waals surface area contributed by atoms with Gasteiger partial charge < -0.3 is 14.9 Å². The van der Waals surface area contributed by atoms with Gasteiger partial charge in [0.25, 0.3) is 0 Å². The molecular weight excluding hydrogens is 303 g/mol. The van der Waals surface area contributed by atoms with Crippen molar-refractivity contribution in [2.45, 2.75) is 13.5 Å². The summed E-state index contributed by atoms with van der Waals surface area (Å²) in [5.41, 5.74) is 1.24. The zero-order chi connectivity index (χ0) is 14.7. The van der Waals surface area contributed by atoms with E-state index in [0.29, 0.717) is 21.3 Å². The van der Waals surface area contributed by atoms with Crippen molar-refractivity contribution in [3.63, 3.8) is 0 Å². The van der Waals surface area contributed by atoms with Crippen LogP contribution in [0.15, 0.2) is 30.3 Å². The third-order valence-electron chi connectivity index (χ3n) is 2.55. The van der Waals surface area contributed by atoms with Crippen LogP contribution in [-0.2, 0) is 6.61 Å². The maximum atomic E-state index is 10.9. The molecule has 0 aliphatic rings. The number of rotatable bonds is 4. The molecule has 104 valence electrons. The average molecular weight is 313 g/mol. The Labute approximate surface area is 125 Å². The molecule has 0 spiro atoms. The molecule has 7 heteroatoms. The Kier molecular flexibility index (Phi) is 4.42. The van der Waals surface area contributed by atoms with Gasteiger partial charge in [-0.1, -0.05) is 29.3 Å². The highest BCUT2D eigenvalue weighted by atomic mass is 35.5. The van der Waals surface area contributed by atoms with E-state index in [1.54, 1.807) is 31.2 Å². The molecule has 0 saturated heterocycles. The molecule has 0 radical (unpaired) electrons. The molecular formula is C13H10Cl2N2O3. The predicted molar refractivity (Wildman–Crippen MR) is 76.4 cm³/mol. The second-order valence-corrected chi connectivity index (χ2v) is 4.90. The van der Waals surface area contributed by atoms with E-state index in [4.69, 9.17) is 27.9 Å². The third kappa shape index (κ3) is 3.37. The molecule has 0 amide bonds. The molecule has 0 fully saturated rings. The molecule has 5 nitrogen and oxygen atoms in total. The van der Waals surface area contributed by atoms with Gasteiger partial charge in [-0.2, -0.15) is 0 Å². The first kappa shape index (κ1) is 14.6. The topological polar surface area (TPSA) is 65.3 Å². The summed E-state index contributed by atoms with van der Waals surface area (Å²) in [6, 6.07) is 8.13. The summed E-state index contributed by atoms with van der Waals surface area (Å²) < 4.78 is 5.43. The van der Waals surface area contributed by atoms with Crippen LogP contribution in [0.4, 0.5) is 5.82 Å². The fraction of sp³-hybridized carbons (Fsp3) is 0.154. The lowest BCUT2D eigenvalue weighted by Crippen LogP contribution is -2.02. The Balaban J connectivity index is 2.20. The number of aryl methyl sites for hydroxylation is 1. The molecule has 0 atom stereocenters. The molecule has 1 aromatic carbocycles. The lowest BCUT2D eigenvalue weighted by atomic mass is 10.2. The molecule has 0 bridgehead atoms. The molecule has 0 N–H and O–H groups in total. The summed E-state index contributed by atoms with van der Waals surface area (Å²) in [7, 11) is 0. The number of pyridine rings is 1.